The van der Waals surface area contributed by atoms with Gasteiger partial charge in [-0.15, -0.1) is 11.3 Å². The number of aromatic nitrogens is 1. The second-order valence-electron chi connectivity index (χ2n) is 5.55. The van der Waals surface area contributed by atoms with Gasteiger partial charge in [-0.25, -0.2) is 4.98 Å². The molecule has 2 N–H and O–H groups in total. The number of carbonyl (C=O) groups excluding carboxylic acids is 2. The van der Waals surface area contributed by atoms with E-state index in [1.165, 1.54) is 11.3 Å². The smallest absolute Gasteiger partial charge is 0.281 e. The molecule has 0 aliphatic heterocycles. The van der Waals surface area contributed by atoms with E-state index in [-0.39, 0.29) is 6.61 Å². The van der Waals surface area contributed by atoms with E-state index in [1.807, 2.05) is 41.9 Å². The average molecular weight is 387 g/mol. The highest BCUT2D eigenvalue weighted by Crippen LogP contribution is 2.29. The fourth-order valence-corrected chi connectivity index (χ4v) is 3.86. The Hall–Kier alpha value is -2.71. The molecule has 1 aromatic carbocycles. The van der Waals surface area contributed by atoms with Crippen LogP contribution in [0.15, 0.2) is 41.1 Å². The summed E-state index contributed by atoms with van der Waals surface area (Å²) in [5, 5.41) is 4.72. The Balaban J connectivity index is 1.53. The van der Waals surface area contributed by atoms with Crippen LogP contribution in [0.1, 0.15) is 20.9 Å². The van der Waals surface area contributed by atoms with Gasteiger partial charge >= 0.3 is 0 Å². The molecule has 8 heteroatoms. The van der Waals surface area contributed by atoms with Gasteiger partial charge in [0.15, 0.2) is 6.61 Å². The lowest BCUT2D eigenvalue weighted by Gasteiger charge is -2.08. The van der Waals surface area contributed by atoms with Crippen LogP contribution >= 0.6 is 22.7 Å². The van der Waals surface area contributed by atoms with Gasteiger partial charge in [0.1, 0.15) is 15.6 Å². The largest absolute Gasteiger partial charge is 0.484 e. The number of nitrogens with one attached hydrogen (secondary N) is 2. The maximum Gasteiger partial charge on any atom is 0.281 e. The Morgan fingerprint density at radius 2 is 2.04 bits per heavy atom. The van der Waals surface area contributed by atoms with Crippen LogP contribution in [-0.2, 0) is 4.79 Å². The van der Waals surface area contributed by atoms with Crippen molar-refractivity contribution in [3.05, 3.63) is 57.2 Å². The number of thiophene rings is 1. The summed E-state index contributed by atoms with van der Waals surface area (Å²) in [7, 11) is 0. The first-order chi connectivity index (χ1) is 12.5. The lowest BCUT2D eigenvalue weighted by molar-refractivity contribution is -0.123. The Kier molecular flexibility index (Phi) is 5.65. The number of hydrogen-bond acceptors (Lipinski definition) is 6. The maximum absolute atomic E-state index is 12.3. The third kappa shape index (κ3) is 4.47. The number of nitrogens with zero attached hydrogens (tertiary/aromatic N) is 1. The second kappa shape index (κ2) is 8.11. The predicted molar refractivity (Wildman–Crippen MR) is 102 cm³/mol. The molecule has 0 aliphatic rings. The first kappa shape index (κ1) is 18.1. The van der Waals surface area contributed by atoms with Crippen molar-refractivity contribution in [3.63, 3.8) is 0 Å². The van der Waals surface area contributed by atoms with E-state index in [1.54, 1.807) is 24.3 Å². The standard InChI is InChI=1S/C18H17N3O3S2/c1-11-4-3-5-14(8-11)24-9-15(22)20-21-17(23)16-12(2)19-18(26-16)13-6-7-25-10-13/h3-8,10H,9H2,1-2H3,(H,20,22)(H,21,23). The quantitative estimate of drug-likeness (QED) is 0.658. The minimum atomic E-state index is -0.444. The first-order valence-corrected chi connectivity index (χ1v) is 9.57. The van der Waals surface area contributed by atoms with Gasteiger partial charge in [0.25, 0.3) is 11.8 Å². The Morgan fingerprint density at radius 1 is 1.19 bits per heavy atom. The molecule has 0 radical (unpaired) electrons. The van der Waals surface area contributed by atoms with Gasteiger partial charge in [-0.2, -0.15) is 11.3 Å². The number of ether oxygens (including phenoxy) is 1. The molecule has 2 aromatic heterocycles. The highest BCUT2D eigenvalue weighted by atomic mass is 32.1. The third-order valence-electron chi connectivity index (χ3n) is 3.45. The molecular formula is C18H17N3O3S2. The zero-order valence-electron chi connectivity index (χ0n) is 14.2. The van der Waals surface area contributed by atoms with E-state index in [0.29, 0.717) is 16.3 Å². The van der Waals surface area contributed by atoms with Crippen molar-refractivity contribution in [3.8, 4) is 16.3 Å². The zero-order valence-corrected chi connectivity index (χ0v) is 15.9. The van der Waals surface area contributed by atoms with Gasteiger partial charge in [0.05, 0.1) is 5.69 Å². The molecule has 2 amide bonds. The number of hydrogen-bond donors (Lipinski definition) is 2. The summed E-state index contributed by atoms with van der Waals surface area (Å²) < 4.78 is 5.39. The molecule has 0 spiro atoms. The number of aryl methyl sites for hydroxylation is 2. The van der Waals surface area contributed by atoms with Crippen molar-refractivity contribution in [2.24, 2.45) is 0 Å². The van der Waals surface area contributed by atoms with Gasteiger partial charge in [-0.3, -0.25) is 20.4 Å². The summed E-state index contributed by atoms with van der Waals surface area (Å²) in [5.41, 5.74) is 7.40. The Bertz CT molecular complexity index is 920. The molecule has 134 valence electrons. The van der Waals surface area contributed by atoms with Crippen LogP contribution in [0.5, 0.6) is 5.75 Å². The normalized spacial score (nSPS) is 10.4. The van der Waals surface area contributed by atoms with Crippen LogP contribution in [0.4, 0.5) is 0 Å². The van der Waals surface area contributed by atoms with E-state index in [2.05, 4.69) is 15.8 Å². The monoisotopic (exact) mass is 387 g/mol. The number of rotatable bonds is 5. The molecule has 3 rings (SSSR count). The van der Waals surface area contributed by atoms with Crippen molar-refractivity contribution < 1.29 is 14.3 Å². The van der Waals surface area contributed by atoms with E-state index in [9.17, 15) is 9.59 Å². The van der Waals surface area contributed by atoms with E-state index >= 15 is 0 Å². The SMILES string of the molecule is Cc1cccc(OCC(=O)NNC(=O)c2sc(-c3ccsc3)nc2C)c1. The number of carbonyl (C=O) groups is 2. The molecule has 0 unspecified atom stereocenters. The summed E-state index contributed by atoms with van der Waals surface area (Å²) in [4.78, 5) is 29.0. The first-order valence-electron chi connectivity index (χ1n) is 7.81. The van der Waals surface area contributed by atoms with Crippen LogP contribution in [0.3, 0.4) is 0 Å². The van der Waals surface area contributed by atoms with Gasteiger partial charge < -0.3 is 4.74 Å². The summed E-state index contributed by atoms with van der Waals surface area (Å²) in [6, 6.07) is 9.34. The van der Waals surface area contributed by atoms with Crippen molar-refractivity contribution in [2.45, 2.75) is 13.8 Å². The minimum Gasteiger partial charge on any atom is -0.484 e. The van der Waals surface area contributed by atoms with Crippen molar-refractivity contribution >= 4 is 34.5 Å². The third-order valence-corrected chi connectivity index (χ3v) is 5.33. The van der Waals surface area contributed by atoms with Crippen molar-refractivity contribution in [2.75, 3.05) is 6.61 Å². The highest BCUT2D eigenvalue weighted by Gasteiger charge is 2.17. The highest BCUT2D eigenvalue weighted by molar-refractivity contribution is 7.17. The summed E-state index contributed by atoms with van der Waals surface area (Å²) in [6.45, 7) is 3.52. The van der Waals surface area contributed by atoms with Gasteiger partial charge in [-0.05, 0) is 43.0 Å². The Labute approximate surface area is 158 Å². The fourth-order valence-electron chi connectivity index (χ4n) is 2.19. The molecule has 2 heterocycles. The number of hydrazine groups is 1. The second-order valence-corrected chi connectivity index (χ2v) is 7.33. The molecule has 0 fully saturated rings. The van der Waals surface area contributed by atoms with E-state index < -0.39 is 11.8 Å². The molecule has 3 aromatic rings. The molecular weight excluding hydrogens is 370 g/mol. The molecule has 0 aliphatic carbocycles. The average Bonchev–Trinajstić information content (AvgIpc) is 3.27. The van der Waals surface area contributed by atoms with E-state index in [4.69, 9.17) is 4.74 Å². The topological polar surface area (TPSA) is 80.3 Å². The molecule has 0 saturated carbocycles. The van der Waals surface area contributed by atoms with Crippen molar-refractivity contribution in [1.29, 1.82) is 0 Å². The van der Waals surface area contributed by atoms with Gasteiger partial charge in [0, 0.05) is 10.9 Å². The minimum absolute atomic E-state index is 0.189. The predicted octanol–water partition coefficient (Wildman–Crippen LogP) is 3.33. The van der Waals surface area contributed by atoms with E-state index in [0.717, 1.165) is 16.1 Å². The molecule has 0 bridgehead atoms. The number of amides is 2. The van der Waals surface area contributed by atoms with Gasteiger partial charge in [-0.1, -0.05) is 12.1 Å². The molecule has 0 atom stereocenters. The number of thiazole rings is 1. The summed E-state index contributed by atoms with van der Waals surface area (Å²) in [6.07, 6.45) is 0. The summed E-state index contributed by atoms with van der Waals surface area (Å²) in [5.74, 6) is -0.240. The molecule has 0 saturated heterocycles. The van der Waals surface area contributed by atoms with Gasteiger partial charge in [0.2, 0.25) is 0 Å². The Morgan fingerprint density at radius 3 is 2.77 bits per heavy atom. The zero-order chi connectivity index (χ0) is 18.5. The maximum atomic E-state index is 12.3. The van der Waals surface area contributed by atoms with Crippen LogP contribution in [-0.4, -0.2) is 23.4 Å². The van der Waals surface area contributed by atoms with Crippen LogP contribution in [0, 0.1) is 13.8 Å². The summed E-state index contributed by atoms with van der Waals surface area (Å²) >= 11 is 2.86. The lowest BCUT2D eigenvalue weighted by Crippen LogP contribution is -2.43. The van der Waals surface area contributed by atoms with Crippen LogP contribution in [0.25, 0.3) is 10.6 Å². The van der Waals surface area contributed by atoms with Crippen LogP contribution in [0.2, 0.25) is 0 Å². The molecule has 6 nitrogen and oxygen atoms in total. The lowest BCUT2D eigenvalue weighted by atomic mass is 10.2. The molecule has 26 heavy (non-hydrogen) atoms. The van der Waals surface area contributed by atoms with Crippen LogP contribution < -0.4 is 15.6 Å². The fraction of sp³-hybridized carbons (Fsp3) is 0.167. The van der Waals surface area contributed by atoms with Crippen molar-refractivity contribution in [1.82, 2.24) is 15.8 Å². The number of benzene rings is 1.